The second-order valence-electron chi connectivity index (χ2n) is 4.59. The number of nitrogens with zero attached hydrogens (tertiary/aromatic N) is 1. The summed E-state index contributed by atoms with van der Waals surface area (Å²) in [6.45, 7) is 4.52. The molecule has 1 aromatic carbocycles. The highest BCUT2D eigenvalue weighted by Gasteiger charge is 2.17. The summed E-state index contributed by atoms with van der Waals surface area (Å²) in [5.74, 6) is 0.411. The number of phenolic OH excluding ortho intramolecular Hbond substituents is 1. The van der Waals surface area contributed by atoms with Crippen LogP contribution in [0.2, 0.25) is 0 Å². The molecule has 1 aliphatic heterocycles. The first kappa shape index (κ1) is 11.4. The molecule has 16 heavy (non-hydrogen) atoms. The molecule has 88 valence electrons. The molecule has 0 aromatic heterocycles. The van der Waals surface area contributed by atoms with Crippen LogP contribution < -0.4 is 0 Å². The molecule has 1 saturated heterocycles. The number of piperidine rings is 1. The SMILES string of the molecule is Cc1cccc(CN2CCC(O)CC2)c1O. The van der Waals surface area contributed by atoms with Crippen LogP contribution in [0.3, 0.4) is 0 Å². The minimum atomic E-state index is -0.137. The fourth-order valence-electron chi connectivity index (χ4n) is 2.17. The van der Waals surface area contributed by atoms with Gasteiger partial charge in [-0.3, -0.25) is 4.90 Å². The number of aliphatic hydroxyl groups excluding tert-OH is 1. The highest BCUT2D eigenvalue weighted by atomic mass is 16.3. The van der Waals surface area contributed by atoms with E-state index in [2.05, 4.69) is 4.90 Å². The summed E-state index contributed by atoms with van der Waals surface area (Å²) >= 11 is 0. The fourth-order valence-corrected chi connectivity index (χ4v) is 2.17. The molecule has 1 aromatic rings. The standard InChI is InChI=1S/C13H19NO2/c1-10-3-2-4-11(13(10)16)9-14-7-5-12(15)6-8-14/h2-4,12,15-16H,5-9H2,1H3. The van der Waals surface area contributed by atoms with E-state index in [0.717, 1.165) is 43.6 Å². The van der Waals surface area contributed by atoms with Crippen LogP contribution in [0.5, 0.6) is 5.75 Å². The van der Waals surface area contributed by atoms with Crippen molar-refractivity contribution in [1.29, 1.82) is 0 Å². The van der Waals surface area contributed by atoms with Crippen molar-refractivity contribution in [2.75, 3.05) is 13.1 Å². The van der Waals surface area contributed by atoms with E-state index in [1.807, 2.05) is 25.1 Å². The Kier molecular flexibility index (Phi) is 3.46. The number of aromatic hydroxyl groups is 1. The van der Waals surface area contributed by atoms with Gasteiger partial charge in [-0.2, -0.15) is 0 Å². The average Bonchev–Trinajstić information content (AvgIpc) is 2.28. The molecule has 0 saturated carbocycles. The zero-order chi connectivity index (χ0) is 11.5. The Balaban J connectivity index is 2.01. The van der Waals surface area contributed by atoms with Crippen molar-refractivity contribution in [2.24, 2.45) is 0 Å². The Hall–Kier alpha value is -1.06. The molecule has 3 nitrogen and oxygen atoms in total. The van der Waals surface area contributed by atoms with E-state index in [0.29, 0.717) is 5.75 Å². The van der Waals surface area contributed by atoms with Crippen molar-refractivity contribution < 1.29 is 10.2 Å². The van der Waals surface area contributed by atoms with E-state index >= 15 is 0 Å². The summed E-state index contributed by atoms with van der Waals surface area (Å²) in [5, 5.41) is 19.3. The van der Waals surface area contributed by atoms with Crippen LogP contribution in [0, 0.1) is 6.92 Å². The first-order valence-corrected chi connectivity index (χ1v) is 5.84. The van der Waals surface area contributed by atoms with Gasteiger partial charge in [0.15, 0.2) is 0 Å². The molecule has 3 heteroatoms. The molecule has 0 unspecified atom stereocenters. The average molecular weight is 221 g/mol. The highest BCUT2D eigenvalue weighted by molar-refractivity contribution is 5.39. The number of para-hydroxylation sites is 1. The van der Waals surface area contributed by atoms with E-state index < -0.39 is 0 Å². The molecule has 0 amide bonds. The Morgan fingerprint density at radius 1 is 1.31 bits per heavy atom. The van der Waals surface area contributed by atoms with Gasteiger partial charge in [-0.15, -0.1) is 0 Å². The van der Waals surface area contributed by atoms with Gasteiger partial charge in [0.25, 0.3) is 0 Å². The van der Waals surface area contributed by atoms with Crippen LogP contribution in [-0.4, -0.2) is 34.3 Å². The fraction of sp³-hybridized carbons (Fsp3) is 0.538. The van der Waals surface area contributed by atoms with Crippen molar-refractivity contribution in [3.63, 3.8) is 0 Å². The molecule has 0 spiro atoms. The normalized spacial score (nSPS) is 18.9. The van der Waals surface area contributed by atoms with Crippen LogP contribution in [0.1, 0.15) is 24.0 Å². The zero-order valence-electron chi connectivity index (χ0n) is 9.69. The maximum absolute atomic E-state index is 9.90. The van der Waals surface area contributed by atoms with E-state index in [1.165, 1.54) is 0 Å². The van der Waals surface area contributed by atoms with Crippen molar-refractivity contribution in [3.05, 3.63) is 29.3 Å². The number of rotatable bonds is 2. The molecule has 0 aliphatic carbocycles. The molecular formula is C13H19NO2. The van der Waals surface area contributed by atoms with Crippen molar-refractivity contribution in [1.82, 2.24) is 4.90 Å². The highest BCUT2D eigenvalue weighted by Crippen LogP contribution is 2.24. The Labute approximate surface area is 96.3 Å². The third-order valence-corrected chi connectivity index (χ3v) is 3.27. The van der Waals surface area contributed by atoms with Crippen LogP contribution in [0.25, 0.3) is 0 Å². The lowest BCUT2D eigenvalue weighted by atomic mass is 10.1. The van der Waals surface area contributed by atoms with Gasteiger partial charge in [-0.25, -0.2) is 0 Å². The largest absolute Gasteiger partial charge is 0.507 e. The quantitative estimate of drug-likeness (QED) is 0.798. The lowest BCUT2D eigenvalue weighted by Gasteiger charge is -2.29. The number of hydrogen-bond donors (Lipinski definition) is 2. The number of phenols is 1. The lowest BCUT2D eigenvalue weighted by molar-refractivity contribution is 0.0789. The van der Waals surface area contributed by atoms with Gasteiger partial charge >= 0.3 is 0 Å². The molecule has 1 aliphatic rings. The summed E-state index contributed by atoms with van der Waals surface area (Å²) in [4.78, 5) is 2.28. The zero-order valence-corrected chi connectivity index (χ0v) is 9.69. The smallest absolute Gasteiger partial charge is 0.122 e. The van der Waals surface area contributed by atoms with Gasteiger partial charge in [0.05, 0.1) is 6.10 Å². The lowest BCUT2D eigenvalue weighted by Crippen LogP contribution is -2.35. The van der Waals surface area contributed by atoms with Gasteiger partial charge in [-0.05, 0) is 25.3 Å². The molecule has 1 fully saturated rings. The number of aliphatic hydroxyl groups is 1. The van der Waals surface area contributed by atoms with Gasteiger partial charge in [0.1, 0.15) is 5.75 Å². The summed E-state index contributed by atoms with van der Waals surface area (Å²) in [6, 6.07) is 5.86. The van der Waals surface area contributed by atoms with E-state index in [1.54, 1.807) is 0 Å². The van der Waals surface area contributed by atoms with Gasteiger partial charge < -0.3 is 10.2 Å². The molecule has 0 radical (unpaired) electrons. The number of aryl methyl sites for hydroxylation is 1. The van der Waals surface area contributed by atoms with E-state index in [-0.39, 0.29) is 6.10 Å². The topological polar surface area (TPSA) is 43.7 Å². The van der Waals surface area contributed by atoms with Crippen molar-refractivity contribution in [2.45, 2.75) is 32.4 Å². The molecule has 2 N–H and O–H groups in total. The van der Waals surface area contributed by atoms with Crippen LogP contribution in [-0.2, 0) is 6.54 Å². The maximum atomic E-state index is 9.90. The second kappa shape index (κ2) is 4.85. The van der Waals surface area contributed by atoms with Gasteiger partial charge in [-0.1, -0.05) is 18.2 Å². The third-order valence-electron chi connectivity index (χ3n) is 3.27. The van der Waals surface area contributed by atoms with Gasteiger partial charge in [0.2, 0.25) is 0 Å². The first-order valence-electron chi connectivity index (χ1n) is 5.84. The van der Waals surface area contributed by atoms with Crippen LogP contribution in [0.15, 0.2) is 18.2 Å². The first-order chi connectivity index (χ1) is 7.66. The summed E-state index contributed by atoms with van der Waals surface area (Å²) in [7, 11) is 0. The molecule has 2 rings (SSSR count). The monoisotopic (exact) mass is 221 g/mol. The second-order valence-corrected chi connectivity index (χ2v) is 4.59. The third kappa shape index (κ3) is 2.54. The number of likely N-dealkylation sites (tertiary alicyclic amines) is 1. The van der Waals surface area contributed by atoms with E-state index in [9.17, 15) is 10.2 Å². The van der Waals surface area contributed by atoms with Crippen LogP contribution in [0.4, 0.5) is 0 Å². The molecule has 0 atom stereocenters. The molecule has 0 bridgehead atoms. The van der Waals surface area contributed by atoms with Crippen molar-refractivity contribution >= 4 is 0 Å². The number of hydrogen-bond acceptors (Lipinski definition) is 3. The maximum Gasteiger partial charge on any atom is 0.122 e. The minimum absolute atomic E-state index is 0.137. The minimum Gasteiger partial charge on any atom is -0.507 e. The summed E-state index contributed by atoms with van der Waals surface area (Å²) in [5.41, 5.74) is 1.91. The Bertz CT molecular complexity index is 357. The van der Waals surface area contributed by atoms with Gasteiger partial charge in [0, 0.05) is 25.2 Å². The summed E-state index contributed by atoms with van der Waals surface area (Å²) in [6.07, 6.45) is 1.54. The molecule has 1 heterocycles. The number of benzene rings is 1. The Morgan fingerprint density at radius 3 is 2.69 bits per heavy atom. The summed E-state index contributed by atoms with van der Waals surface area (Å²) < 4.78 is 0. The van der Waals surface area contributed by atoms with Crippen LogP contribution >= 0.6 is 0 Å². The Morgan fingerprint density at radius 2 is 2.00 bits per heavy atom. The predicted octanol–water partition coefficient (Wildman–Crippen LogP) is 1.66. The molecular weight excluding hydrogens is 202 g/mol. The predicted molar refractivity (Wildman–Crippen MR) is 63.4 cm³/mol. The van der Waals surface area contributed by atoms with E-state index in [4.69, 9.17) is 0 Å². The van der Waals surface area contributed by atoms with Crippen molar-refractivity contribution in [3.8, 4) is 5.75 Å².